The molecule has 2 rings (SSSR count). The number of benzene rings is 1. The third kappa shape index (κ3) is 5.17. The van der Waals surface area contributed by atoms with Crippen LogP contribution in [0, 0.1) is 5.41 Å². The Balaban J connectivity index is 0.00000312. The maximum absolute atomic E-state index is 12.8. The molecule has 1 aromatic rings. The van der Waals surface area contributed by atoms with Crippen LogP contribution in [0.1, 0.15) is 44.5 Å². The molecule has 0 aromatic heterocycles. The zero-order valence-electron chi connectivity index (χ0n) is 15.2. The maximum Gasteiger partial charge on any atom is 0.253 e. The van der Waals surface area contributed by atoms with E-state index in [1.54, 1.807) is 30.9 Å². The van der Waals surface area contributed by atoms with Crippen molar-refractivity contribution in [1.82, 2.24) is 9.62 Å². The van der Waals surface area contributed by atoms with E-state index in [2.05, 4.69) is 4.72 Å². The normalized spacial score (nSPS) is 20.2. The van der Waals surface area contributed by atoms with Crippen molar-refractivity contribution in [2.45, 2.75) is 51.1 Å². The lowest BCUT2D eigenvalue weighted by atomic mass is 9.79. The Labute approximate surface area is 156 Å². The average Bonchev–Trinajstić information content (AvgIpc) is 2.48. The molecule has 1 heterocycles. The van der Waals surface area contributed by atoms with Crippen LogP contribution in [-0.4, -0.2) is 44.4 Å². The van der Waals surface area contributed by atoms with Crippen molar-refractivity contribution in [3.8, 4) is 0 Å². The highest BCUT2D eigenvalue weighted by molar-refractivity contribution is 7.89. The largest absolute Gasteiger partial charge is 0.338 e. The highest BCUT2D eigenvalue weighted by atomic mass is 35.5. The van der Waals surface area contributed by atoms with Crippen molar-refractivity contribution < 1.29 is 13.2 Å². The number of sulfonamides is 1. The number of nitrogens with one attached hydrogen (secondary N) is 1. The number of rotatable bonds is 4. The Morgan fingerprint density at radius 3 is 2.56 bits per heavy atom. The van der Waals surface area contributed by atoms with Gasteiger partial charge in [-0.1, -0.05) is 19.9 Å². The van der Waals surface area contributed by atoms with E-state index in [9.17, 15) is 13.2 Å². The minimum absolute atomic E-state index is 0. The molecule has 1 saturated heterocycles. The number of carbonyl (C=O) groups excluding carboxylic acids is 1. The van der Waals surface area contributed by atoms with Crippen LogP contribution in [0.3, 0.4) is 0 Å². The van der Waals surface area contributed by atoms with E-state index in [1.165, 1.54) is 12.1 Å². The summed E-state index contributed by atoms with van der Waals surface area (Å²) in [5.41, 5.74) is 6.34. The molecule has 25 heavy (non-hydrogen) atoms. The number of carbonyl (C=O) groups is 1. The van der Waals surface area contributed by atoms with Crippen LogP contribution < -0.4 is 10.5 Å². The highest BCUT2D eigenvalue weighted by Crippen LogP contribution is 2.28. The van der Waals surface area contributed by atoms with Gasteiger partial charge in [0.25, 0.3) is 5.91 Å². The second kappa shape index (κ2) is 8.03. The molecule has 1 atom stereocenters. The van der Waals surface area contributed by atoms with E-state index >= 15 is 0 Å². The number of hydrogen-bond donors (Lipinski definition) is 2. The van der Waals surface area contributed by atoms with Gasteiger partial charge in [-0.15, -0.1) is 12.4 Å². The third-order valence-electron chi connectivity index (χ3n) is 4.38. The molecule has 1 aliphatic heterocycles. The molecular weight excluding hydrogens is 362 g/mol. The Morgan fingerprint density at radius 2 is 2.00 bits per heavy atom. The van der Waals surface area contributed by atoms with E-state index in [0.717, 1.165) is 6.42 Å². The van der Waals surface area contributed by atoms with Crippen LogP contribution in [-0.2, 0) is 10.0 Å². The smallest absolute Gasteiger partial charge is 0.253 e. The lowest BCUT2D eigenvalue weighted by Gasteiger charge is -2.42. The third-order valence-corrected chi connectivity index (χ3v) is 6.04. The number of piperidine rings is 1. The van der Waals surface area contributed by atoms with E-state index < -0.39 is 10.0 Å². The van der Waals surface area contributed by atoms with Crippen molar-refractivity contribution in [3.63, 3.8) is 0 Å². The topological polar surface area (TPSA) is 92.5 Å². The van der Waals surface area contributed by atoms with Crippen LogP contribution in [0.4, 0.5) is 0 Å². The van der Waals surface area contributed by atoms with Gasteiger partial charge >= 0.3 is 0 Å². The van der Waals surface area contributed by atoms with Gasteiger partial charge in [0, 0.05) is 30.7 Å². The van der Waals surface area contributed by atoms with Crippen molar-refractivity contribution in [1.29, 1.82) is 0 Å². The predicted octanol–water partition coefficient (Wildman–Crippen LogP) is 1.99. The van der Waals surface area contributed by atoms with Crippen molar-refractivity contribution in [2.75, 3.05) is 13.1 Å². The minimum atomic E-state index is -3.62. The number of nitrogens with two attached hydrogens (primary N) is 1. The first-order chi connectivity index (χ1) is 11.0. The van der Waals surface area contributed by atoms with Gasteiger partial charge in [0.05, 0.1) is 4.90 Å². The summed E-state index contributed by atoms with van der Waals surface area (Å²) in [6.45, 7) is 8.76. The summed E-state index contributed by atoms with van der Waals surface area (Å²) in [6.07, 6.45) is 0.742. The maximum atomic E-state index is 12.8. The average molecular weight is 390 g/mol. The van der Waals surface area contributed by atoms with Gasteiger partial charge < -0.3 is 10.6 Å². The summed E-state index contributed by atoms with van der Waals surface area (Å²) < 4.78 is 27.1. The SMILES string of the molecule is CC(C)NS(=O)(=O)c1cccc(C(=O)N2CCC(N)C(C)(C)C2)c1.Cl. The summed E-state index contributed by atoms with van der Waals surface area (Å²) in [5.74, 6) is -0.156. The molecule has 3 N–H and O–H groups in total. The van der Waals surface area contributed by atoms with Gasteiger partial charge in [-0.2, -0.15) is 0 Å². The number of likely N-dealkylation sites (tertiary alicyclic amines) is 1. The van der Waals surface area contributed by atoms with Crippen LogP contribution in [0.25, 0.3) is 0 Å². The Kier molecular flexibility index (Phi) is 7.03. The number of halogens is 1. The Bertz CT molecular complexity index is 720. The summed E-state index contributed by atoms with van der Waals surface area (Å²) in [4.78, 5) is 14.6. The lowest BCUT2D eigenvalue weighted by Crippen LogP contribution is -2.54. The molecule has 0 spiro atoms. The van der Waals surface area contributed by atoms with E-state index in [4.69, 9.17) is 5.73 Å². The zero-order valence-corrected chi connectivity index (χ0v) is 16.8. The molecule has 142 valence electrons. The van der Waals surface area contributed by atoms with Crippen molar-refractivity contribution >= 4 is 28.3 Å². The minimum Gasteiger partial charge on any atom is -0.338 e. The van der Waals surface area contributed by atoms with Crippen molar-refractivity contribution in [3.05, 3.63) is 29.8 Å². The van der Waals surface area contributed by atoms with E-state index in [-0.39, 0.29) is 40.7 Å². The van der Waals surface area contributed by atoms with E-state index in [0.29, 0.717) is 18.7 Å². The van der Waals surface area contributed by atoms with Gasteiger partial charge in [0.2, 0.25) is 10.0 Å². The zero-order chi connectivity index (χ0) is 18.1. The van der Waals surface area contributed by atoms with Crippen LogP contribution >= 0.6 is 12.4 Å². The standard InChI is InChI=1S/C17H27N3O3S.ClH/c1-12(2)19-24(22,23)14-7-5-6-13(10-14)16(21)20-9-8-15(18)17(3,4)11-20;/h5-7,10,12,15,19H,8-9,11,18H2,1-4H3;1H. The van der Waals surface area contributed by atoms with Crippen LogP contribution in [0.2, 0.25) is 0 Å². The molecule has 1 aliphatic rings. The van der Waals surface area contributed by atoms with Gasteiger partial charge in [-0.05, 0) is 43.9 Å². The van der Waals surface area contributed by atoms with Crippen LogP contribution in [0.15, 0.2) is 29.2 Å². The molecule has 1 unspecified atom stereocenters. The fourth-order valence-corrected chi connectivity index (χ4v) is 4.20. The van der Waals surface area contributed by atoms with Gasteiger partial charge in [0.1, 0.15) is 0 Å². The van der Waals surface area contributed by atoms with Gasteiger partial charge in [-0.25, -0.2) is 13.1 Å². The first-order valence-corrected chi connectivity index (χ1v) is 9.68. The first-order valence-electron chi connectivity index (χ1n) is 8.20. The molecule has 0 saturated carbocycles. The van der Waals surface area contributed by atoms with Gasteiger partial charge in [-0.3, -0.25) is 4.79 Å². The molecule has 8 heteroatoms. The van der Waals surface area contributed by atoms with Crippen LogP contribution in [0.5, 0.6) is 0 Å². The lowest BCUT2D eigenvalue weighted by molar-refractivity contribution is 0.0533. The molecule has 1 aromatic carbocycles. The monoisotopic (exact) mass is 389 g/mol. The molecule has 0 radical (unpaired) electrons. The second-order valence-electron chi connectivity index (χ2n) is 7.41. The van der Waals surface area contributed by atoms with E-state index in [1.807, 2.05) is 13.8 Å². The Morgan fingerprint density at radius 1 is 1.36 bits per heavy atom. The number of hydrogen-bond acceptors (Lipinski definition) is 4. The molecule has 0 aliphatic carbocycles. The molecular formula is C17H28ClN3O3S. The molecule has 1 fully saturated rings. The summed E-state index contributed by atoms with van der Waals surface area (Å²) >= 11 is 0. The fourth-order valence-electron chi connectivity index (χ4n) is 2.90. The summed E-state index contributed by atoms with van der Waals surface area (Å²) in [7, 11) is -3.62. The highest BCUT2D eigenvalue weighted by Gasteiger charge is 2.35. The van der Waals surface area contributed by atoms with Gasteiger partial charge in [0.15, 0.2) is 0 Å². The number of nitrogens with zero attached hydrogens (tertiary/aromatic N) is 1. The fraction of sp³-hybridized carbons (Fsp3) is 0.588. The molecule has 6 nitrogen and oxygen atoms in total. The quantitative estimate of drug-likeness (QED) is 0.823. The predicted molar refractivity (Wildman–Crippen MR) is 101 cm³/mol. The summed E-state index contributed by atoms with van der Waals surface area (Å²) in [6, 6.07) is 6.04. The molecule has 0 bridgehead atoms. The number of amides is 1. The van der Waals surface area contributed by atoms with Crippen molar-refractivity contribution in [2.24, 2.45) is 11.1 Å². The second-order valence-corrected chi connectivity index (χ2v) is 9.13. The summed E-state index contributed by atoms with van der Waals surface area (Å²) in [5, 5.41) is 0. The Hall–Kier alpha value is -1.15. The molecule has 1 amide bonds. The first kappa shape index (κ1) is 21.9.